The van der Waals surface area contributed by atoms with Crippen LogP contribution in [0.3, 0.4) is 0 Å². The van der Waals surface area contributed by atoms with Crippen molar-refractivity contribution in [2.75, 3.05) is 5.32 Å². The molecular formula is C9H8ClN3OS. The van der Waals surface area contributed by atoms with Crippen LogP contribution < -0.4 is 5.32 Å². The van der Waals surface area contributed by atoms with E-state index >= 15 is 0 Å². The average molecular weight is 242 g/mol. The van der Waals surface area contributed by atoms with Crippen molar-refractivity contribution in [3.63, 3.8) is 0 Å². The Kier molecular flexibility index (Phi) is 3.03. The van der Waals surface area contributed by atoms with E-state index in [-0.39, 0.29) is 5.75 Å². The van der Waals surface area contributed by atoms with Crippen molar-refractivity contribution in [2.24, 2.45) is 0 Å². The first-order valence-electron chi connectivity index (χ1n) is 4.25. The summed E-state index contributed by atoms with van der Waals surface area (Å²) >= 11 is 7.20. The van der Waals surface area contributed by atoms with Gasteiger partial charge in [0.05, 0.1) is 6.20 Å². The van der Waals surface area contributed by atoms with E-state index in [0.29, 0.717) is 17.1 Å². The third kappa shape index (κ3) is 2.37. The van der Waals surface area contributed by atoms with Gasteiger partial charge < -0.3 is 10.4 Å². The molecule has 2 aromatic rings. The molecule has 0 aliphatic rings. The van der Waals surface area contributed by atoms with Crippen molar-refractivity contribution in [3.8, 4) is 5.75 Å². The molecule has 1 heterocycles. The van der Waals surface area contributed by atoms with E-state index in [0.717, 1.165) is 5.00 Å². The first-order chi connectivity index (χ1) is 7.27. The van der Waals surface area contributed by atoms with Gasteiger partial charge in [-0.2, -0.15) is 0 Å². The maximum atomic E-state index is 9.57. The highest BCUT2D eigenvalue weighted by molar-refractivity contribution is 7.09. The molecule has 0 saturated carbocycles. The molecule has 0 radical (unpaired) electrons. The summed E-state index contributed by atoms with van der Waals surface area (Å²) in [4.78, 5) is 0. The molecule has 0 spiro atoms. The molecule has 0 unspecified atom stereocenters. The number of aromatic hydroxyl groups is 1. The number of rotatable bonds is 3. The number of nitrogens with one attached hydrogen (secondary N) is 1. The van der Waals surface area contributed by atoms with Gasteiger partial charge in [0.2, 0.25) is 0 Å². The predicted molar refractivity (Wildman–Crippen MR) is 60.4 cm³/mol. The van der Waals surface area contributed by atoms with Gasteiger partial charge in [-0.25, -0.2) is 0 Å². The zero-order valence-corrected chi connectivity index (χ0v) is 9.22. The lowest BCUT2D eigenvalue weighted by atomic mass is 10.2. The van der Waals surface area contributed by atoms with E-state index in [4.69, 9.17) is 11.6 Å². The molecule has 0 fully saturated rings. The molecule has 0 atom stereocenters. The summed E-state index contributed by atoms with van der Waals surface area (Å²) in [6, 6.07) is 5.05. The van der Waals surface area contributed by atoms with Crippen LogP contribution in [0.25, 0.3) is 0 Å². The lowest BCUT2D eigenvalue weighted by molar-refractivity contribution is 0.469. The second-order valence-corrected chi connectivity index (χ2v) is 4.07. The van der Waals surface area contributed by atoms with Crippen molar-refractivity contribution in [1.82, 2.24) is 9.59 Å². The van der Waals surface area contributed by atoms with Gasteiger partial charge in [-0.1, -0.05) is 22.2 Å². The van der Waals surface area contributed by atoms with Crippen LogP contribution in [-0.2, 0) is 6.54 Å². The molecule has 6 heteroatoms. The second kappa shape index (κ2) is 4.46. The third-order valence-corrected chi connectivity index (χ3v) is 2.87. The van der Waals surface area contributed by atoms with E-state index < -0.39 is 0 Å². The van der Waals surface area contributed by atoms with Gasteiger partial charge in [-0.05, 0) is 12.1 Å². The molecule has 0 bridgehead atoms. The SMILES string of the molecule is Oc1cccc(Cl)c1CNc1cnns1. The van der Waals surface area contributed by atoms with Crippen molar-refractivity contribution in [3.05, 3.63) is 35.0 Å². The molecule has 0 amide bonds. The highest BCUT2D eigenvalue weighted by Gasteiger charge is 2.05. The maximum absolute atomic E-state index is 9.57. The van der Waals surface area contributed by atoms with Gasteiger partial charge >= 0.3 is 0 Å². The molecule has 0 aliphatic heterocycles. The highest BCUT2D eigenvalue weighted by Crippen LogP contribution is 2.26. The number of nitrogens with zero attached hydrogens (tertiary/aromatic N) is 2. The Morgan fingerprint density at radius 2 is 2.33 bits per heavy atom. The topological polar surface area (TPSA) is 58.0 Å². The number of halogens is 1. The lowest BCUT2D eigenvalue weighted by Crippen LogP contribution is -1.98. The molecular weight excluding hydrogens is 234 g/mol. The van der Waals surface area contributed by atoms with Gasteiger partial charge in [-0.15, -0.1) is 5.10 Å². The summed E-state index contributed by atoms with van der Waals surface area (Å²) in [5.74, 6) is 0.187. The number of hydrogen-bond donors (Lipinski definition) is 2. The van der Waals surface area contributed by atoms with Crippen molar-refractivity contribution in [2.45, 2.75) is 6.54 Å². The minimum atomic E-state index is 0.187. The van der Waals surface area contributed by atoms with E-state index in [1.807, 2.05) is 0 Å². The van der Waals surface area contributed by atoms with Crippen LogP contribution >= 0.6 is 23.1 Å². The number of anilines is 1. The van der Waals surface area contributed by atoms with E-state index in [2.05, 4.69) is 14.9 Å². The summed E-state index contributed by atoms with van der Waals surface area (Å²) in [5.41, 5.74) is 0.674. The summed E-state index contributed by atoms with van der Waals surface area (Å²) in [5, 5.41) is 17.7. The number of benzene rings is 1. The molecule has 78 valence electrons. The fourth-order valence-corrected chi connectivity index (χ4v) is 1.79. The smallest absolute Gasteiger partial charge is 0.130 e. The Morgan fingerprint density at radius 3 is 3.00 bits per heavy atom. The van der Waals surface area contributed by atoms with Crippen LogP contribution in [0.15, 0.2) is 24.4 Å². The van der Waals surface area contributed by atoms with Gasteiger partial charge in [0.1, 0.15) is 10.8 Å². The Bertz CT molecular complexity index is 426. The fourth-order valence-electron chi connectivity index (χ4n) is 1.14. The van der Waals surface area contributed by atoms with Crippen LogP contribution in [-0.4, -0.2) is 14.7 Å². The first kappa shape index (κ1) is 10.2. The molecule has 2 N–H and O–H groups in total. The van der Waals surface area contributed by atoms with Crippen molar-refractivity contribution >= 4 is 28.1 Å². The van der Waals surface area contributed by atoms with E-state index in [1.54, 1.807) is 24.4 Å². The van der Waals surface area contributed by atoms with Gasteiger partial charge in [0, 0.05) is 28.7 Å². The lowest BCUT2D eigenvalue weighted by Gasteiger charge is -2.07. The quantitative estimate of drug-likeness (QED) is 0.867. The van der Waals surface area contributed by atoms with Crippen LogP contribution in [0.1, 0.15) is 5.56 Å². The summed E-state index contributed by atoms with van der Waals surface area (Å²) in [7, 11) is 0. The second-order valence-electron chi connectivity index (χ2n) is 2.87. The molecule has 1 aromatic carbocycles. The zero-order valence-electron chi connectivity index (χ0n) is 7.64. The summed E-state index contributed by atoms with van der Waals surface area (Å²) in [6.07, 6.45) is 1.62. The maximum Gasteiger partial charge on any atom is 0.130 e. The normalized spacial score (nSPS) is 10.2. The molecule has 15 heavy (non-hydrogen) atoms. The molecule has 1 aromatic heterocycles. The van der Waals surface area contributed by atoms with Gasteiger partial charge in [-0.3, -0.25) is 0 Å². The average Bonchev–Trinajstić information content (AvgIpc) is 2.70. The van der Waals surface area contributed by atoms with E-state index in [9.17, 15) is 5.11 Å². The van der Waals surface area contributed by atoms with Crippen LogP contribution in [0.2, 0.25) is 5.02 Å². The van der Waals surface area contributed by atoms with Gasteiger partial charge in [0.15, 0.2) is 0 Å². The van der Waals surface area contributed by atoms with E-state index in [1.165, 1.54) is 11.5 Å². The van der Waals surface area contributed by atoms with Crippen LogP contribution in [0.5, 0.6) is 5.75 Å². The molecule has 4 nitrogen and oxygen atoms in total. The zero-order chi connectivity index (χ0) is 10.7. The predicted octanol–water partition coefficient (Wildman–Crippen LogP) is 2.51. The van der Waals surface area contributed by atoms with Crippen molar-refractivity contribution < 1.29 is 5.11 Å². The largest absolute Gasteiger partial charge is 0.508 e. The number of phenolic OH excluding ortho intramolecular Hbond substituents is 1. The Labute approximate surface area is 95.7 Å². The highest BCUT2D eigenvalue weighted by atomic mass is 35.5. The number of phenols is 1. The van der Waals surface area contributed by atoms with Crippen LogP contribution in [0, 0.1) is 0 Å². The minimum absolute atomic E-state index is 0.187. The minimum Gasteiger partial charge on any atom is -0.508 e. The summed E-state index contributed by atoms with van der Waals surface area (Å²) in [6.45, 7) is 0.454. The van der Waals surface area contributed by atoms with Crippen LogP contribution in [0.4, 0.5) is 5.00 Å². The Hall–Kier alpha value is -1.33. The molecule has 2 rings (SSSR count). The Morgan fingerprint density at radius 1 is 1.47 bits per heavy atom. The standard InChI is InChI=1S/C9H8ClN3OS/c10-7-2-1-3-8(14)6(7)4-11-9-5-12-13-15-9/h1-3,5,11,14H,4H2. The molecule has 0 aliphatic carbocycles. The number of hydrogen-bond acceptors (Lipinski definition) is 5. The third-order valence-electron chi connectivity index (χ3n) is 1.89. The monoisotopic (exact) mass is 241 g/mol. The molecule has 0 saturated heterocycles. The van der Waals surface area contributed by atoms with Crippen molar-refractivity contribution in [1.29, 1.82) is 0 Å². The van der Waals surface area contributed by atoms with Gasteiger partial charge in [0.25, 0.3) is 0 Å². The first-order valence-corrected chi connectivity index (χ1v) is 5.40. The number of aromatic nitrogens is 2. The summed E-state index contributed by atoms with van der Waals surface area (Å²) < 4.78 is 3.71. The Balaban J connectivity index is 2.11. The fraction of sp³-hybridized carbons (Fsp3) is 0.111.